The Morgan fingerprint density at radius 1 is 1.19 bits per heavy atom. The Kier molecular flexibility index (Phi) is 5.52. The Labute approximate surface area is 163 Å². The van der Waals surface area contributed by atoms with Crippen LogP contribution < -0.4 is 4.90 Å². The summed E-state index contributed by atoms with van der Waals surface area (Å²) in [5.74, 6) is 0.0132. The number of hydrogen-bond acceptors (Lipinski definition) is 1. The molecule has 0 radical (unpaired) electrons. The van der Waals surface area contributed by atoms with Crippen molar-refractivity contribution in [3.05, 3.63) is 63.1 Å². The summed E-state index contributed by atoms with van der Waals surface area (Å²) in [4.78, 5) is 14.8. The van der Waals surface area contributed by atoms with Crippen molar-refractivity contribution in [1.29, 1.82) is 0 Å². The first kappa shape index (κ1) is 19.1. The molecule has 2 nitrogen and oxygen atoms in total. The number of nitrogens with zero attached hydrogens (tertiary/aromatic N) is 1. The Morgan fingerprint density at radius 2 is 1.92 bits per heavy atom. The average Bonchev–Trinajstić information content (AvgIpc) is 3.42. The lowest BCUT2D eigenvalue weighted by Gasteiger charge is -2.31. The van der Waals surface area contributed by atoms with Crippen LogP contribution in [0.4, 0.5) is 10.1 Å². The number of anilines is 1. The second kappa shape index (κ2) is 7.51. The second-order valence-corrected chi connectivity index (χ2v) is 7.49. The molecule has 0 atom stereocenters. The van der Waals surface area contributed by atoms with Crippen molar-refractivity contribution in [2.75, 3.05) is 11.4 Å². The molecule has 1 heterocycles. The third-order valence-electron chi connectivity index (χ3n) is 5.13. The van der Waals surface area contributed by atoms with Gasteiger partial charge < -0.3 is 4.90 Å². The summed E-state index contributed by atoms with van der Waals surface area (Å²) in [6.07, 6.45) is 2.82. The molecule has 0 spiro atoms. The van der Waals surface area contributed by atoms with E-state index in [-0.39, 0.29) is 5.91 Å². The van der Waals surface area contributed by atoms with E-state index in [9.17, 15) is 9.18 Å². The zero-order valence-corrected chi connectivity index (χ0v) is 17.2. The minimum Gasteiger partial charge on any atom is -0.308 e. The topological polar surface area (TPSA) is 20.3 Å². The molecule has 0 N–H and O–H groups in total. The molecule has 1 fully saturated rings. The number of hydrogen-bond donors (Lipinski definition) is 0. The molecule has 4 heteroatoms. The van der Waals surface area contributed by atoms with Crippen molar-refractivity contribution in [1.82, 2.24) is 0 Å². The zero-order valence-electron chi connectivity index (χ0n) is 15.6. The molecule has 1 saturated carbocycles. The summed E-state index contributed by atoms with van der Waals surface area (Å²) in [5, 5.41) is 0. The summed E-state index contributed by atoms with van der Waals surface area (Å²) in [6, 6.07) is 11.5. The van der Waals surface area contributed by atoms with Crippen molar-refractivity contribution >= 4 is 27.5 Å². The summed E-state index contributed by atoms with van der Waals surface area (Å²) < 4.78 is 15.3. The number of carbonyl (C=O) groups is 1. The lowest BCUT2D eigenvalue weighted by molar-refractivity contribution is 0.0980. The van der Waals surface area contributed by atoms with Gasteiger partial charge in [-0.15, -0.1) is 0 Å². The van der Waals surface area contributed by atoms with Crippen molar-refractivity contribution in [2.45, 2.75) is 52.1 Å². The third-order valence-corrected chi connectivity index (χ3v) is 5.87. The first-order valence-corrected chi connectivity index (χ1v) is 10.2. The van der Waals surface area contributed by atoms with E-state index in [0.717, 1.165) is 39.7 Å². The number of fused-ring (bicyclic) bond motifs is 1. The molecule has 0 saturated heterocycles. The van der Waals surface area contributed by atoms with E-state index in [4.69, 9.17) is 0 Å². The lowest BCUT2D eigenvalue weighted by atomic mass is 9.93. The van der Waals surface area contributed by atoms with E-state index >= 15 is 0 Å². The van der Waals surface area contributed by atoms with E-state index in [2.05, 4.69) is 22.9 Å². The highest BCUT2D eigenvalue weighted by atomic mass is 79.9. The molecule has 2 aromatic carbocycles. The molecule has 1 aliphatic carbocycles. The van der Waals surface area contributed by atoms with Crippen LogP contribution >= 0.6 is 15.9 Å². The first-order chi connectivity index (χ1) is 12.5. The third kappa shape index (κ3) is 3.32. The average molecular weight is 418 g/mol. The van der Waals surface area contributed by atoms with Gasteiger partial charge in [-0.05, 0) is 60.6 Å². The van der Waals surface area contributed by atoms with Crippen LogP contribution in [0.2, 0.25) is 0 Å². The Balaban J connectivity index is 0.000000948. The minimum atomic E-state index is -1.14. The molecule has 26 heavy (non-hydrogen) atoms. The zero-order chi connectivity index (χ0) is 18.9. The molecule has 1 aliphatic heterocycles. The van der Waals surface area contributed by atoms with Gasteiger partial charge in [0.25, 0.3) is 5.91 Å². The molecular formula is C22H25BrFNO. The lowest BCUT2D eigenvalue weighted by Crippen LogP contribution is -2.38. The van der Waals surface area contributed by atoms with Gasteiger partial charge in [-0.25, -0.2) is 4.39 Å². The maximum atomic E-state index is 14.3. The van der Waals surface area contributed by atoms with Crippen molar-refractivity contribution < 1.29 is 9.18 Å². The largest absolute Gasteiger partial charge is 0.308 e. The van der Waals surface area contributed by atoms with Gasteiger partial charge in [-0.1, -0.05) is 54.9 Å². The SMILES string of the molecule is CC.CCc1c(Br)cccc1N1CCc2cc(C3(F)CC3)ccc2C1=O. The van der Waals surface area contributed by atoms with Gasteiger partial charge in [0.1, 0.15) is 5.67 Å². The van der Waals surface area contributed by atoms with Crippen LogP contribution in [0.3, 0.4) is 0 Å². The monoisotopic (exact) mass is 417 g/mol. The number of amides is 1. The van der Waals surface area contributed by atoms with Crippen LogP contribution in [0.15, 0.2) is 40.9 Å². The molecular weight excluding hydrogens is 393 g/mol. The molecule has 2 aliphatic rings. The van der Waals surface area contributed by atoms with E-state index in [0.29, 0.717) is 24.9 Å². The van der Waals surface area contributed by atoms with Gasteiger partial charge in [0, 0.05) is 22.3 Å². The van der Waals surface area contributed by atoms with Crippen LogP contribution in [0.25, 0.3) is 0 Å². The minimum absolute atomic E-state index is 0.0132. The van der Waals surface area contributed by atoms with Gasteiger partial charge in [-0.2, -0.15) is 0 Å². The molecule has 0 bridgehead atoms. The molecule has 1 amide bonds. The van der Waals surface area contributed by atoms with Crippen LogP contribution in [-0.4, -0.2) is 12.5 Å². The molecule has 4 rings (SSSR count). The highest BCUT2D eigenvalue weighted by Gasteiger charge is 2.45. The highest BCUT2D eigenvalue weighted by Crippen LogP contribution is 2.50. The number of benzene rings is 2. The van der Waals surface area contributed by atoms with Gasteiger partial charge in [0.15, 0.2) is 0 Å². The number of halogens is 2. The summed E-state index contributed by atoms with van der Waals surface area (Å²) in [6.45, 7) is 6.73. The quantitative estimate of drug-likeness (QED) is 0.581. The molecule has 0 aromatic heterocycles. The maximum absolute atomic E-state index is 14.3. The fourth-order valence-electron chi connectivity index (χ4n) is 3.55. The standard InChI is InChI=1S/C20H19BrFNO.C2H6/c1-2-15-17(21)4-3-5-18(15)23-11-8-13-12-14(20(22)9-10-20)6-7-16(13)19(23)24;1-2/h3-7,12H,2,8-11H2,1H3;1-2H3. The number of carbonyl (C=O) groups excluding carboxylic acids is 1. The number of rotatable bonds is 3. The Hall–Kier alpha value is -1.68. The fraction of sp³-hybridized carbons (Fsp3) is 0.409. The fourth-order valence-corrected chi connectivity index (χ4v) is 4.18. The van der Waals surface area contributed by atoms with Crippen molar-refractivity contribution in [3.8, 4) is 0 Å². The summed E-state index contributed by atoms with van der Waals surface area (Å²) in [7, 11) is 0. The highest BCUT2D eigenvalue weighted by molar-refractivity contribution is 9.10. The number of alkyl halides is 1. The van der Waals surface area contributed by atoms with E-state index in [1.54, 1.807) is 6.07 Å². The van der Waals surface area contributed by atoms with Crippen molar-refractivity contribution in [3.63, 3.8) is 0 Å². The van der Waals surface area contributed by atoms with Crippen LogP contribution in [-0.2, 0) is 18.5 Å². The van der Waals surface area contributed by atoms with Gasteiger partial charge in [0.05, 0.1) is 0 Å². The van der Waals surface area contributed by atoms with Gasteiger partial charge >= 0.3 is 0 Å². The van der Waals surface area contributed by atoms with Crippen LogP contribution in [0.1, 0.15) is 60.7 Å². The van der Waals surface area contributed by atoms with Gasteiger partial charge in [-0.3, -0.25) is 4.79 Å². The summed E-state index contributed by atoms with van der Waals surface area (Å²) >= 11 is 3.58. The van der Waals surface area contributed by atoms with E-state index in [1.165, 1.54) is 0 Å². The molecule has 138 valence electrons. The Bertz CT molecular complexity index is 829. The Morgan fingerprint density at radius 3 is 2.58 bits per heavy atom. The van der Waals surface area contributed by atoms with E-state index < -0.39 is 5.67 Å². The second-order valence-electron chi connectivity index (χ2n) is 6.64. The van der Waals surface area contributed by atoms with Crippen LogP contribution in [0, 0.1) is 0 Å². The molecule has 0 unspecified atom stereocenters. The predicted molar refractivity (Wildman–Crippen MR) is 109 cm³/mol. The predicted octanol–water partition coefficient (Wildman–Crippen LogP) is 6.20. The molecule has 2 aromatic rings. The van der Waals surface area contributed by atoms with Gasteiger partial charge in [0.2, 0.25) is 0 Å². The summed E-state index contributed by atoms with van der Waals surface area (Å²) in [5.41, 5.74) is 3.39. The van der Waals surface area contributed by atoms with E-state index in [1.807, 2.05) is 49.1 Å². The normalized spacial score (nSPS) is 17.3. The maximum Gasteiger partial charge on any atom is 0.258 e. The first-order valence-electron chi connectivity index (χ1n) is 9.45. The smallest absolute Gasteiger partial charge is 0.258 e. The van der Waals surface area contributed by atoms with Crippen LogP contribution in [0.5, 0.6) is 0 Å². The van der Waals surface area contributed by atoms with Crippen molar-refractivity contribution in [2.24, 2.45) is 0 Å².